The molecule has 1 saturated carbocycles. The third-order valence-corrected chi connectivity index (χ3v) is 3.88. The van der Waals surface area contributed by atoms with Crippen molar-refractivity contribution >= 4 is 17.2 Å². The average molecular weight is 238 g/mol. The van der Waals surface area contributed by atoms with Crippen LogP contribution in [0.5, 0.6) is 0 Å². The summed E-state index contributed by atoms with van der Waals surface area (Å²) in [6.07, 6.45) is 5.70. The zero-order valence-corrected chi connectivity index (χ0v) is 10.1. The predicted octanol–water partition coefficient (Wildman–Crippen LogP) is 3.51. The van der Waals surface area contributed by atoms with E-state index in [1.807, 2.05) is 6.07 Å². The summed E-state index contributed by atoms with van der Waals surface area (Å²) in [6, 6.07) is 7.59. The van der Waals surface area contributed by atoms with Crippen molar-refractivity contribution in [3.8, 4) is 6.07 Å². The largest absolute Gasteiger partial charge is 0.358 e. The molecule has 0 aliphatic heterocycles. The molecule has 3 nitrogen and oxygen atoms in total. The molecule has 2 aromatic rings. The van der Waals surface area contributed by atoms with E-state index in [4.69, 9.17) is 5.26 Å². The fraction of sp³-hybridized carbons (Fsp3) is 0.333. The van der Waals surface area contributed by atoms with Crippen LogP contribution in [0.15, 0.2) is 18.2 Å². The van der Waals surface area contributed by atoms with Gasteiger partial charge < -0.3 is 4.98 Å². The lowest BCUT2D eigenvalue weighted by atomic mass is 9.99. The van der Waals surface area contributed by atoms with E-state index >= 15 is 0 Å². The Balaban J connectivity index is 2.20. The first-order valence-corrected chi connectivity index (χ1v) is 6.34. The van der Waals surface area contributed by atoms with E-state index in [0.29, 0.717) is 11.5 Å². The summed E-state index contributed by atoms with van der Waals surface area (Å²) in [6.45, 7) is 0. The number of aromatic amines is 1. The number of carbonyl (C=O) groups is 1. The van der Waals surface area contributed by atoms with Crippen LogP contribution in [-0.4, -0.2) is 11.3 Å². The van der Waals surface area contributed by atoms with Crippen LogP contribution in [-0.2, 0) is 0 Å². The standard InChI is InChI=1S/C15H14N2O/c16-8-10-5-6-14-12(7-10)13(9-18)15(17-14)11-3-1-2-4-11/h5-7,9,11,17H,1-4H2. The minimum absolute atomic E-state index is 0.475. The van der Waals surface area contributed by atoms with Gasteiger partial charge in [-0.15, -0.1) is 0 Å². The number of rotatable bonds is 2. The molecular weight excluding hydrogens is 224 g/mol. The lowest BCUT2D eigenvalue weighted by molar-refractivity contribution is 0.112. The maximum absolute atomic E-state index is 11.4. The second kappa shape index (κ2) is 4.30. The van der Waals surface area contributed by atoms with E-state index in [1.54, 1.807) is 12.1 Å². The summed E-state index contributed by atoms with van der Waals surface area (Å²) in [7, 11) is 0. The molecule has 0 atom stereocenters. The van der Waals surface area contributed by atoms with Crippen molar-refractivity contribution < 1.29 is 4.79 Å². The number of carbonyl (C=O) groups excluding carboxylic acids is 1. The zero-order valence-electron chi connectivity index (χ0n) is 10.1. The van der Waals surface area contributed by atoms with Gasteiger partial charge in [0.2, 0.25) is 0 Å². The van der Waals surface area contributed by atoms with Gasteiger partial charge in [-0.25, -0.2) is 0 Å². The fourth-order valence-corrected chi connectivity index (χ4v) is 2.97. The molecule has 1 aromatic carbocycles. The van der Waals surface area contributed by atoms with E-state index in [1.165, 1.54) is 12.8 Å². The summed E-state index contributed by atoms with van der Waals surface area (Å²) >= 11 is 0. The Morgan fingerprint density at radius 2 is 2.11 bits per heavy atom. The molecule has 0 saturated heterocycles. The molecule has 0 unspecified atom stereocenters. The van der Waals surface area contributed by atoms with Gasteiger partial charge in [-0.05, 0) is 37.0 Å². The Hall–Kier alpha value is -2.08. The van der Waals surface area contributed by atoms with Crippen molar-refractivity contribution in [2.75, 3.05) is 0 Å². The summed E-state index contributed by atoms with van der Waals surface area (Å²) in [5.74, 6) is 0.475. The van der Waals surface area contributed by atoms with Gasteiger partial charge in [0.05, 0.1) is 11.6 Å². The number of nitriles is 1. The number of H-pyrrole nitrogens is 1. The molecule has 0 radical (unpaired) electrons. The zero-order chi connectivity index (χ0) is 12.5. The second-order valence-electron chi connectivity index (χ2n) is 4.92. The number of aldehydes is 1. The van der Waals surface area contributed by atoms with Gasteiger partial charge in [0.15, 0.2) is 6.29 Å². The predicted molar refractivity (Wildman–Crippen MR) is 69.6 cm³/mol. The van der Waals surface area contributed by atoms with E-state index in [-0.39, 0.29) is 0 Å². The van der Waals surface area contributed by atoms with Gasteiger partial charge in [-0.2, -0.15) is 5.26 Å². The Labute approximate surface area is 105 Å². The highest BCUT2D eigenvalue weighted by Gasteiger charge is 2.23. The third kappa shape index (κ3) is 1.62. The second-order valence-corrected chi connectivity index (χ2v) is 4.92. The molecule has 1 aliphatic rings. The maximum Gasteiger partial charge on any atom is 0.152 e. The summed E-state index contributed by atoms with van der Waals surface area (Å²) in [4.78, 5) is 14.7. The number of benzene rings is 1. The van der Waals surface area contributed by atoms with Gasteiger partial charge in [0.1, 0.15) is 0 Å². The molecule has 3 heteroatoms. The molecule has 1 aliphatic carbocycles. The van der Waals surface area contributed by atoms with E-state index in [2.05, 4.69) is 11.1 Å². The topological polar surface area (TPSA) is 56.6 Å². The Bertz CT molecular complexity index is 642. The lowest BCUT2D eigenvalue weighted by Crippen LogP contribution is -1.96. The van der Waals surface area contributed by atoms with Crippen molar-refractivity contribution in [2.24, 2.45) is 0 Å². The van der Waals surface area contributed by atoms with Crippen LogP contribution < -0.4 is 0 Å². The fourth-order valence-electron chi connectivity index (χ4n) is 2.97. The monoisotopic (exact) mass is 238 g/mol. The highest BCUT2D eigenvalue weighted by atomic mass is 16.1. The SMILES string of the molecule is N#Cc1ccc2[nH]c(C3CCCC3)c(C=O)c2c1. The van der Waals surface area contributed by atoms with Crippen molar-refractivity contribution in [1.82, 2.24) is 4.98 Å². The molecule has 18 heavy (non-hydrogen) atoms. The van der Waals surface area contributed by atoms with Gasteiger partial charge in [0.25, 0.3) is 0 Å². The first-order valence-electron chi connectivity index (χ1n) is 6.34. The van der Waals surface area contributed by atoms with Gasteiger partial charge in [-0.1, -0.05) is 12.8 Å². The molecule has 1 fully saturated rings. The minimum atomic E-state index is 0.475. The highest BCUT2D eigenvalue weighted by Crippen LogP contribution is 2.37. The average Bonchev–Trinajstić information content (AvgIpc) is 3.04. The summed E-state index contributed by atoms with van der Waals surface area (Å²) in [5, 5.41) is 9.81. The third-order valence-electron chi connectivity index (χ3n) is 3.88. The van der Waals surface area contributed by atoms with Crippen LogP contribution in [0.3, 0.4) is 0 Å². The maximum atomic E-state index is 11.4. The van der Waals surface area contributed by atoms with Crippen molar-refractivity contribution in [2.45, 2.75) is 31.6 Å². The quantitative estimate of drug-likeness (QED) is 0.814. The highest BCUT2D eigenvalue weighted by molar-refractivity contribution is 5.99. The smallest absolute Gasteiger partial charge is 0.152 e. The van der Waals surface area contributed by atoms with Gasteiger partial charge >= 0.3 is 0 Å². The van der Waals surface area contributed by atoms with Crippen molar-refractivity contribution in [1.29, 1.82) is 5.26 Å². The number of hydrogen-bond donors (Lipinski definition) is 1. The van der Waals surface area contributed by atoms with Crippen LogP contribution in [0.4, 0.5) is 0 Å². The number of nitrogens with one attached hydrogen (secondary N) is 1. The normalized spacial score (nSPS) is 15.9. The molecule has 0 spiro atoms. The number of hydrogen-bond acceptors (Lipinski definition) is 2. The number of fused-ring (bicyclic) bond motifs is 1. The van der Waals surface area contributed by atoms with Crippen LogP contribution in [0.2, 0.25) is 0 Å². The van der Waals surface area contributed by atoms with Crippen LogP contribution >= 0.6 is 0 Å². The van der Waals surface area contributed by atoms with Crippen LogP contribution in [0.1, 0.15) is 53.2 Å². The van der Waals surface area contributed by atoms with E-state index in [9.17, 15) is 4.79 Å². The first-order chi connectivity index (χ1) is 8.83. The number of nitrogens with zero attached hydrogens (tertiary/aromatic N) is 1. The van der Waals surface area contributed by atoms with Crippen molar-refractivity contribution in [3.63, 3.8) is 0 Å². The Morgan fingerprint density at radius 3 is 2.78 bits per heavy atom. The molecular formula is C15H14N2O. The molecule has 1 aromatic heterocycles. The molecule has 1 N–H and O–H groups in total. The molecule has 0 amide bonds. The van der Waals surface area contributed by atoms with Gasteiger partial charge in [0, 0.05) is 22.2 Å². The van der Waals surface area contributed by atoms with Crippen molar-refractivity contribution in [3.05, 3.63) is 35.0 Å². The van der Waals surface area contributed by atoms with Gasteiger partial charge in [-0.3, -0.25) is 4.79 Å². The minimum Gasteiger partial charge on any atom is -0.358 e. The first kappa shape index (κ1) is 11.0. The molecule has 90 valence electrons. The summed E-state index contributed by atoms with van der Waals surface area (Å²) in [5.41, 5.74) is 3.36. The summed E-state index contributed by atoms with van der Waals surface area (Å²) < 4.78 is 0. The lowest BCUT2D eigenvalue weighted by Gasteiger charge is -2.07. The Morgan fingerprint density at radius 1 is 1.33 bits per heavy atom. The van der Waals surface area contributed by atoms with Crippen LogP contribution in [0.25, 0.3) is 10.9 Å². The van der Waals surface area contributed by atoms with Crippen LogP contribution in [0, 0.1) is 11.3 Å². The molecule has 0 bridgehead atoms. The Kier molecular flexibility index (Phi) is 2.64. The van der Waals surface area contributed by atoms with E-state index < -0.39 is 0 Å². The molecule has 1 heterocycles. The molecule has 3 rings (SSSR count). The number of aromatic nitrogens is 1. The van der Waals surface area contributed by atoms with E-state index in [0.717, 1.165) is 41.3 Å².